The van der Waals surface area contributed by atoms with Gasteiger partial charge in [0, 0.05) is 18.0 Å². The molecule has 4 aromatic carbocycles. The van der Waals surface area contributed by atoms with Gasteiger partial charge in [0.25, 0.3) is 0 Å². The van der Waals surface area contributed by atoms with Crippen molar-refractivity contribution in [2.24, 2.45) is 5.92 Å². The first-order valence-corrected chi connectivity index (χ1v) is 20.2. The zero-order valence-electron chi connectivity index (χ0n) is 32.0. The number of carbonyl (C=O) groups excluding carboxylic acids is 1. The zero-order valence-corrected chi connectivity index (χ0v) is 32.0. The molecule has 8 heteroatoms. The smallest absolute Gasteiger partial charge is 0.307 e. The van der Waals surface area contributed by atoms with E-state index < -0.39 is 11.5 Å². The van der Waals surface area contributed by atoms with Crippen molar-refractivity contribution in [2.75, 3.05) is 39.3 Å². The number of hydrogen-bond acceptors (Lipinski definition) is 7. The largest absolute Gasteiger partial charge is 0.506 e. The summed E-state index contributed by atoms with van der Waals surface area (Å²) in [5, 5.41) is 24.8. The Morgan fingerprint density at radius 3 is 1.93 bits per heavy atom. The second-order valence-corrected chi connectivity index (χ2v) is 15.1. The van der Waals surface area contributed by atoms with Gasteiger partial charge in [-0.3, -0.25) is 9.59 Å². The maximum atomic E-state index is 13.7. The Bertz CT molecular complexity index is 1860. The lowest BCUT2D eigenvalue weighted by Crippen LogP contribution is -2.37. The van der Waals surface area contributed by atoms with Crippen LogP contribution in [-0.2, 0) is 14.9 Å². The Morgan fingerprint density at radius 2 is 1.33 bits per heavy atom. The van der Waals surface area contributed by atoms with Gasteiger partial charge in [-0.05, 0) is 92.2 Å². The molecule has 0 amide bonds. The number of pyridine rings is 1. The predicted molar refractivity (Wildman–Crippen MR) is 220 cm³/mol. The fourth-order valence-corrected chi connectivity index (χ4v) is 8.20. The van der Waals surface area contributed by atoms with Crippen molar-refractivity contribution >= 4 is 16.9 Å². The fraction of sp³-hybridized carbons (Fsp3) is 0.404. The van der Waals surface area contributed by atoms with E-state index in [-0.39, 0.29) is 23.7 Å². The van der Waals surface area contributed by atoms with E-state index in [9.17, 15) is 19.8 Å². The summed E-state index contributed by atoms with van der Waals surface area (Å²) in [6.07, 6.45) is 10.1. The lowest BCUT2D eigenvalue weighted by molar-refractivity contribution is -0.146. The number of carbonyl (C=O) groups is 1. The summed E-state index contributed by atoms with van der Waals surface area (Å²) in [5.41, 5.74) is 3.38. The summed E-state index contributed by atoms with van der Waals surface area (Å²) in [6.45, 7) is 5.01. The van der Waals surface area contributed by atoms with Gasteiger partial charge in [0.2, 0.25) is 5.56 Å². The molecule has 1 aliphatic heterocycles. The number of likely N-dealkylation sites (tertiary alicyclic amines) is 1. The molecule has 6 rings (SSSR count). The molecule has 0 aliphatic carbocycles. The number of aliphatic hydroxyl groups excluding tert-OH is 1. The van der Waals surface area contributed by atoms with Gasteiger partial charge in [0.05, 0.1) is 30.1 Å². The van der Waals surface area contributed by atoms with E-state index in [1.165, 1.54) is 44.2 Å². The molecular weight excluding hydrogens is 687 g/mol. The van der Waals surface area contributed by atoms with Crippen LogP contribution in [0.1, 0.15) is 92.6 Å². The average Bonchev–Trinajstić information content (AvgIpc) is 3.22. The number of hydrogen-bond donors (Lipinski definition) is 4. The normalized spacial score (nSPS) is 14.6. The minimum Gasteiger partial charge on any atom is -0.506 e. The van der Waals surface area contributed by atoms with Crippen LogP contribution in [-0.4, -0.2) is 65.4 Å². The summed E-state index contributed by atoms with van der Waals surface area (Å²) in [7, 11) is 0. The van der Waals surface area contributed by atoms with E-state index in [0.717, 1.165) is 68.6 Å². The number of piperidine rings is 1. The molecule has 1 aromatic heterocycles. The Labute approximate surface area is 325 Å². The Balaban J connectivity index is 0.837. The lowest BCUT2D eigenvalue weighted by atomic mass is 9.67. The van der Waals surface area contributed by atoms with Gasteiger partial charge >= 0.3 is 5.97 Å². The fourth-order valence-electron chi connectivity index (χ4n) is 8.20. The molecule has 4 N–H and O–H groups in total. The van der Waals surface area contributed by atoms with Crippen LogP contribution >= 0.6 is 0 Å². The molecule has 2 heterocycles. The van der Waals surface area contributed by atoms with E-state index >= 15 is 0 Å². The van der Waals surface area contributed by atoms with Gasteiger partial charge in [-0.2, -0.15) is 0 Å². The van der Waals surface area contributed by atoms with Crippen molar-refractivity contribution < 1.29 is 19.7 Å². The molecule has 1 aliphatic rings. The van der Waals surface area contributed by atoms with Crippen LogP contribution in [0.25, 0.3) is 10.9 Å². The monoisotopic (exact) mass is 743 g/mol. The molecule has 1 fully saturated rings. The van der Waals surface area contributed by atoms with E-state index in [0.29, 0.717) is 35.5 Å². The van der Waals surface area contributed by atoms with Crippen molar-refractivity contribution in [3.8, 4) is 5.75 Å². The first-order valence-electron chi connectivity index (χ1n) is 20.2. The number of phenolic OH excluding ortho intramolecular Hbond substituents is 1. The Morgan fingerprint density at radius 1 is 0.764 bits per heavy atom. The molecule has 1 atom stereocenters. The molecule has 0 spiro atoms. The number of ether oxygens (including phenoxy) is 1. The maximum Gasteiger partial charge on any atom is 0.307 e. The van der Waals surface area contributed by atoms with Crippen molar-refractivity contribution in [1.82, 2.24) is 15.2 Å². The lowest BCUT2D eigenvalue weighted by Gasteiger charge is -2.35. The summed E-state index contributed by atoms with van der Waals surface area (Å²) in [4.78, 5) is 30.5. The van der Waals surface area contributed by atoms with Crippen molar-refractivity contribution in [2.45, 2.75) is 75.7 Å². The number of H-pyrrole nitrogens is 1. The van der Waals surface area contributed by atoms with Crippen LogP contribution in [0.15, 0.2) is 120 Å². The van der Waals surface area contributed by atoms with Crippen molar-refractivity contribution in [1.29, 1.82) is 0 Å². The number of rotatable bonds is 20. The van der Waals surface area contributed by atoms with Crippen LogP contribution in [0, 0.1) is 5.92 Å². The minimum atomic E-state index is -0.728. The SMILES string of the molecule is O=C(CC(c1ccccc1)(c1ccccc1)c1ccccc1)OCC1CCN(CCCCCCCCCNCC(O)c2ccc(O)c3[nH]c(=O)ccc23)CC1. The van der Waals surface area contributed by atoms with Gasteiger partial charge in [0.1, 0.15) is 5.75 Å². The molecule has 290 valence electrons. The second kappa shape index (κ2) is 20.2. The molecular formula is C47H57N3O5. The van der Waals surface area contributed by atoms with Crippen LogP contribution in [0.5, 0.6) is 5.75 Å². The number of nitrogens with zero attached hydrogens (tertiary/aromatic N) is 1. The number of fused-ring (bicyclic) bond motifs is 1. The molecule has 0 saturated carbocycles. The molecule has 1 unspecified atom stereocenters. The highest BCUT2D eigenvalue weighted by Gasteiger charge is 2.39. The van der Waals surface area contributed by atoms with Gasteiger partial charge in [-0.25, -0.2) is 0 Å². The van der Waals surface area contributed by atoms with Gasteiger partial charge in [0.15, 0.2) is 0 Å². The maximum absolute atomic E-state index is 13.7. The van der Waals surface area contributed by atoms with Crippen molar-refractivity contribution in [3.63, 3.8) is 0 Å². The number of unbranched alkanes of at least 4 members (excludes halogenated alkanes) is 6. The van der Waals surface area contributed by atoms with E-state index in [4.69, 9.17) is 4.74 Å². The number of aromatic nitrogens is 1. The van der Waals surface area contributed by atoms with Crippen LogP contribution in [0.2, 0.25) is 0 Å². The average molecular weight is 744 g/mol. The Kier molecular flexibility index (Phi) is 14.7. The van der Waals surface area contributed by atoms with Crippen LogP contribution < -0.4 is 10.9 Å². The number of aromatic amines is 1. The highest BCUT2D eigenvalue weighted by molar-refractivity contribution is 5.87. The molecule has 8 nitrogen and oxygen atoms in total. The molecule has 55 heavy (non-hydrogen) atoms. The summed E-state index contributed by atoms with van der Waals surface area (Å²) < 4.78 is 6.06. The number of aliphatic hydroxyl groups is 1. The summed E-state index contributed by atoms with van der Waals surface area (Å²) in [6, 6.07) is 37.3. The number of phenols is 1. The molecule has 1 saturated heterocycles. The molecule has 0 radical (unpaired) electrons. The number of nitrogens with one attached hydrogen (secondary N) is 2. The highest BCUT2D eigenvalue weighted by Crippen LogP contribution is 2.42. The van der Waals surface area contributed by atoms with E-state index in [2.05, 4.69) is 51.6 Å². The summed E-state index contributed by atoms with van der Waals surface area (Å²) in [5.74, 6) is 0.241. The van der Waals surface area contributed by atoms with Gasteiger partial charge < -0.3 is 30.2 Å². The topological polar surface area (TPSA) is 115 Å². The van der Waals surface area contributed by atoms with Crippen LogP contribution in [0.4, 0.5) is 0 Å². The first kappa shape index (κ1) is 39.9. The number of benzene rings is 4. The van der Waals surface area contributed by atoms with E-state index in [1.54, 1.807) is 12.1 Å². The van der Waals surface area contributed by atoms with Gasteiger partial charge in [-0.15, -0.1) is 0 Å². The highest BCUT2D eigenvalue weighted by atomic mass is 16.5. The van der Waals surface area contributed by atoms with Crippen molar-refractivity contribution in [3.05, 3.63) is 148 Å². The van der Waals surface area contributed by atoms with E-state index in [1.807, 2.05) is 54.6 Å². The molecule has 5 aromatic rings. The quantitative estimate of drug-likeness (QED) is 0.0361. The third kappa shape index (κ3) is 10.7. The third-order valence-electron chi connectivity index (χ3n) is 11.3. The standard InChI is InChI=1S/C47H57N3O5/c51-42-25-23-40(41-24-26-44(53)49-46(41)42)43(52)34-48-29-15-4-2-1-3-5-16-30-50-31-27-36(28-32-50)35-55-45(54)33-47(37-17-9-6-10-18-37,38-19-11-7-12-20-38)39-21-13-8-14-22-39/h6-14,17-26,36,43,48,51-52H,1-5,15-16,27-35H2,(H,49,53). The second-order valence-electron chi connectivity index (χ2n) is 15.1. The number of esters is 1. The Hall–Kier alpha value is -4.76. The number of aromatic hydroxyl groups is 1. The zero-order chi connectivity index (χ0) is 38.3. The minimum absolute atomic E-state index is 0.00102. The predicted octanol–water partition coefficient (Wildman–Crippen LogP) is 8.27. The molecule has 0 bridgehead atoms. The van der Waals surface area contributed by atoms with Gasteiger partial charge in [-0.1, -0.05) is 129 Å². The third-order valence-corrected chi connectivity index (χ3v) is 11.3. The first-order chi connectivity index (χ1) is 26.9. The summed E-state index contributed by atoms with van der Waals surface area (Å²) >= 11 is 0. The van der Waals surface area contributed by atoms with Crippen LogP contribution in [0.3, 0.4) is 0 Å².